The minimum absolute atomic E-state index is 0.365. The third-order valence-corrected chi connectivity index (χ3v) is 9.29. The summed E-state index contributed by atoms with van der Waals surface area (Å²) in [6, 6.07) is 50.7. The van der Waals surface area contributed by atoms with E-state index in [-0.39, 0.29) is 0 Å². The normalized spacial score (nSPS) is 14.3. The second kappa shape index (κ2) is 11.1. The van der Waals surface area contributed by atoms with E-state index in [1.807, 2.05) is 18.2 Å². The largest absolute Gasteiger partial charge is 0.250 e. The van der Waals surface area contributed by atoms with Crippen LogP contribution in [0.3, 0.4) is 0 Å². The summed E-state index contributed by atoms with van der Waals surface area (Å²) in [5.41, 5.74) is 13.2. The van der Waals surface area contributed by atoms with Crippen molar-refractivity contribution in [3.05, 3.63) is 157 Å². The standard InChI is InChI=1S/C43H30N4/c1-27-25-39(29-11-6-3-7-12-29)47-43-35(27)21-17-32-20-24-38(46-42(32)43)34-14-8-13-33(26-34)37-23-19-31-16-15-30-18-22-36(28-9-4-2-5-10-28)44-40(30)41(31)45-37/h2-24,26-27H,25H2,1H3. The van der Waals surface area contributed by atoms with Crippen LogP contribution in [0.1, 0.15) is 30.4 Å². The van der Waals surface area contributed by atoms with Crippen molar-refractivity contribution in [3.8, 4) is 33.8 Å². The number of nitrogens with zero attached hydrogens (tertiary/aromatic N) is 4. The number of aromatic nitrogens is 3. The molecule has 1 aliphatic heterocycles. The molecule has 4 heteroatoms. The fourth-order valence-electron chi connectivity index (χ4n) is 6.79. The molecule has 0 fully saturated rings. The predicted octanol–water partition coefficient (Wildman–Crippen LogP) is 11.0. The minimum Gasteiger partial charge on any atom is -0.250 e. The van der Waals surface area contributed by atoms with Gasteiger partial charge in [0.15, 0.2) is 0 Å². The molecule has 4 heterocycles. The Kier molecular flexibility index (Phi) is 6.46. The first-order chi connectivity index (χ1) is 23.2. The molecule has 3 aromatic heterocycles. The third kappa shape index (κ3) is 4.86. The molecule has 5 aromatic carbocycles. The van der Waals surface area contributed by atoms with Gasteiger partial charge >= 0.3 is 0 Å². The van der Waals surface area contributed by atoms with E-state index in [4.69, 9.17) is 19.9 Å². The van der Waals surface area contributed by atoms with E-state index in [2.05, 4.69) is 134 Å². The van der Waals surface area contributed by atoms with E-state index in [1.165, 1.54) is 11.1 Å². The van der Waals surface area contributed by atoms with E-state index in [0.29, 0.717) is 5.92 Å². The maximum absolute atomic E-state index is 5.25. The van der Waals surface area contributed by atoms with Crippen LogP contribution in [0.25, 0.3) is 66.5 Å². The van der Waals surface area contributed by atoms with Crippen LogP contribution < -0.4 is 0 Å². The predicted molar refractivity (Wildman–Crippen MR) is 194 cm³/mol. The smallest absolute Gasteiger partial charge is 0.0972 e. The lowest BCUT2D eigenvalue weighted by Gasteiger charge is -2.23. The maximum atomic E-state index is 5.25. The molecule has 4 nitrogen and oxygen atoms in total. The first-order valence-electron chi connectivity index (χ1n) is 16.1. The number of rotatable bonds is 4. The summed E-state index contributed by atoms with van der Waals surface area (Å²) in [5, 5.41) is 3.24. The van der Waals surface area contributed by atoms with Crippen LogP contribution in [0.5, 0.6) is 0 Å². The fourth-order valence-corrected chi connectivity index (χ4v) is 6.79. The van der Waals surface area contributed by atoms with E-state index in [0.717, 1.165) is 84.3 Å². The molecule has 8 aromatic rings. The van der Waals surface area contributed by atoms with E-state index in [9.17, 15) is 0 Å². The Morgan fingerprint density at radius 1 is 0.447 bits per heavy atom. The van der Waals surface area contributed by atoms with Crippen LogP contribution in [-0.4, -0.2) is 20.7 Å². The molecule has 0 saturated heterocycles. The Bertz CT molecular complexity index is 2500. The summed E-state index contributed by atoms with van der Waals surface area (Å²) < 4.78 is 0. The first-order valence-corrected chi connectivity index (χ1v) is 16.1. The van der Waals surface area contributed by atoms with Crippen molar-refractivity contribution in [2.75, 3.05) is 0 Å². The highest BCUT2D eigenvalue weighted by Gasteiger charge is 2.23. The molecule has 1 aliphatic rings. The highest BCUT2D eigenvalue weighted by molar-refractivity contribution is 6.07. The molecule has 0 radical (unpaired) electrons. The summed E-state index contributed by atoms with van der Waals surface area (Å²) in [6.45, 7) is 2.29. The number of hydrogen-bond donors (Lipinski definition) is 0. The topological polar surface area (TPSA) is 51.0 Å². The number of fused-ring (bicyclic) bond motifs is 6. The summed E-state index contributed by atoms with van der Waals surface area (Å²) in [7, 11) is 0. The second-order valence-corrected chi connectivity index (χ2v) is 12.4. The lowest BCUT2D eigenvalue weighted by molar-refractivity contribution is 0.793. The molecule has 0 spiro atoms. The van der Waals surface area contributed by atoms with Gasteiger partial charge in [0.25, 0.3) is 0 Å². The van der Waals surface area contributed by atoms with E-state index < -0.39 is 0 Å². The lowest BCUT2D eigenvalue weighted by atomic mass is 9.87. The van der Waals surface area contributed by atoms with Crippen LogP contribution in [-0.2, 0) is 0 Å². The van der Waals surface area contributed by atoms with Gasteiger partial charge in [-0.1, -0.05) is 128 Å². The zero-order valence-corrected chi connectivity index (χ0v) is 25.9. The molecule has 47 heavy (non-hydrogen) atoms. The van der Waals surface area contributed by atoms with Gasteiger partial charge in [-0.05, 0) is 47.7 Å². The Balaban J connectivity index is 1.14. The molecule has 222 valence electrons. The number of hydrogen-bond acceptors (Lipinski definition) is 4. The molecule has 0 N–H and O–H groups in total. The summed E-state index contributed by atoms with van der Waals surface area (Å²) >= 11 is 0. The average molecular weight is 603 g/mol. The van der Waals surface area contributed by atoms with Crippen LogP contribution in [0.4, 0.5) is 5.69 Å². The molecule has 1 unspecified atom stereocenters. The molecule has 0 aliphatic carbocycles. The van der Waals surface area contributed by atoms with Gasteiger partial charge in [-0.15, -0.1) is 0 Å². The van der Waals surface area contributed by atoms with Gasteiger partial charge in [-0.2, -0.15) is 0 Å². The van der Waals surface area contributed by atoms with Crippen LogP contribution >= 0.6 is 0 Å². The fraction of sp³-hybridized carbons (Fsp3) is 0.0698. The molecule has 9 rings (SSSR count). The minimum atomic E-state index is 0.365. The van der Waals surface area contributed by atoms with Gasteiger partial charge in [0.05, 0.1) is 39.3 Å². The molecule has 1 atom stereocenters. The van der Waals surface area contributed by atoms with Gasteiger partial charge in [0, 0.05) is 38.6 Å². The summed E-state index contributed by atoms with van der Waals surface area (Å²) in [5.74, 6) is 0.365. The molecular formula is C43H30N4. The molecule has 0 bridgehead atoms. The highest BCUT2D eigenvalue weighted by atomic mass is 14.8. The SMILES string of the molecule is CC1CC(c2ccccc2)=Nc2c1ccc1ccc(-c3cccc(-c4ccc5ccc6ccc(-c7ccccc7)nc6c5n4)c3)nc21. The van der Waals surface area contributed by atoms with Crippen molar-refractivity contribution in [1.29, 1.82) is 0 Å². The van der Waals surface area contributed by atoms with Gasteiger partial charge < -0.3 is 0 Å². The zero-order valence-electron chi connectivity index (χ0n) is 25.9. The summed E-state index contributed by atoms with van der Waals surface area (Å²) in [4.78, 5) is 20.7. The lowest BCUT2D eigenvalue weighted by Crippen LogP contribution is -2.11. The average Bonchev–Trinajstić information content (AvgIpc) is 3.14. The van der Waals surface area contributed by atoms with Crippen LogP contribution in [0, 0.1) is 0 Å². The monoisotopic (exact) mass is 602 g/mol. The number of aliphatic imine (C=N–C) groups is 1. The quantitative estimate of drug-likeness (QED) is 0.188. The third-order valence-electron chi connectivity index (χ3n) is 9.29. The summed E-state index contributed by atoms with van der Waals surface area (Å²) in [6.07, 6.45) is 0.918. The van der Waals surface area contributed by atoms with Crippen molar-refractivity contribution in [3.63, 3.8) is 0 Å². The van der Waals surface area contributed by atoms with Gasteiger partial charge in [-0.25, -0.2) is 15.0 Å². The first kappa shape index (κ1) is 27.3. The second-order valence-electron chi connectivity index (χ2n) is 12.4. The Hall–Kier alpha value is -6.00. The van der Waals surface area contributed by atoms with Crippen molar-refractivity contribution in [2.45, 2.75) is 19.3 Å². The number of benzene rings is 5. The molecule has 0 amide bonds. The number of pyridine rings is 3. The van der Waals surface area contributed by atoms with Crippen molar-refractivity contribution >= 4 is 44.1 Å². The van der Waals surface area contributed by atoms with Gasteiger partial charge in [0.2, 0.25) is 0 Å². The molecule has 0 saturated carbocycles. The van der Waals surface area contributed by atoms with E-state index in [1.54, 1.807) is 0 Å². The van der Waals surface area contributed by atoms with E-state index >= 15 is 0 Å². The van der Waals surface area contributed by atoms with Crippen molar-refractivity contribution < 1.29 is 0 Å². The van der Waals surface area contributed by atoms with Crippen LogP contribution in [0.15, 0.2) is 151 Å². The zero-order chi connectivity index (χ0) is 31.3. The maximum Gasteiger partial charge on any atom is 0.0972 e. The van der Waals surface area contributed by atoms with Gasteiger partial charge in [-0.3, -0.25) is 4.99 Å². The Morgan fingerprint density at radius 3 is 1.53 bits per heavy atom. The molecular weight excluding hydrogens is 573 g/mol. The highest BCUT2D eigenvalue weighted by Crippen LogP contribution is 2.41. The Labute approximate surface area is 273 Å². The van der Waals surface area contributed by atoms with Crippen molar-refractivity contribution in [2.24, 2.45) is 4.99 Å². The van der Waals surface area contributed by atoms with Crippen LogP contribution in [0.2, 0.25) is 0 Å². The Morgan fingerprint density at radius 2 is 0.915 bits per heavy atom. The van der Waals surface area contributed by atoms with Gasteiger partial charge in [0.1, 0.15) is 0 Å². The van der Waals surface area contributed by atoms with Crippen molar-refractivity contribution in [1.82, 2.24) is 15.0 Å².